The van der Waals surface area contributed by atoms with Crippen molar-refractivity contribution >= 4 is 41.5 Å². The molecule has 3 aromatic heterocycles. The molecule has 12 nitrogen and oxygen atoms in total. The van der Waals surface area contributed by atoms with Gasteiger partial charge in [-0.25, -0.2) is 14.5 Å². The Hall–Kier alpha value is -3.57. The number of anilines is 1. The van der Waals surface area contributed by atoms with Crippen LogP contribution in [-0.2, 0) is 30.0 Å². The third-order valence-corrected chi connectivity index (χ3v) is 8.32. The SMILES string of the molecule is CCCC[C@@H](CO[P@](=O)(N[C@@H](C)C(=O)OC(C)C)Oc1cccnc1)n1c(COCC)nc2c(N)nc3ccccc3c21. The molecule has 0 saturated carbocycles. The van der Waals surface area contributed by atoms with Crippen LogP contribution >= 0.6 is 7.75 Å². The fourth-order valence-electron chi connectivity index (χ4n) is 4.72. The summed E-state index contributed by atoms with van der Waals surface area (Å²) in [7, 11) is -4.13. The first kappa shape index (κ1) is 32.3. The minimum absolute atomic E-state index is 0.0301. The second kappa shape index (κ2) is 14.7. The average Bonchev–Trinajstić information content (AvgIpc) is 3.36. The molecule has 0 spiro atoms. The number of nitrogen functional groups attached to an aromatic ring is 1. The monoisotopic (exact) mass is 612 g/mol. The Morgan fingerprint density at radius 3 is 2.60 bits per heavy atom. The number of nitrogens with one attached hydrogen (secondary N) is 1. The molecule has 3 heterocycles. The Kier molecular flexibility index (Phi) is 11.1. The Labute approximate surface area is 251 Å². The van der Waals surface area contributed by atoms with Gasteiger partial charge in [-0.15, -0.1) is 0 Å². The van der Waals surface area contributed by atoms with Gasteiger partial charge in [0.2, 0.25) is 0 Å². The van der Waals surface area contributed by atoms with Crippen LogP contribution in [0.5, 0.6) is 5.75 Å². The van der Waals surface area contributed by atoms with Crippen molar-refractivity contribution in [3.8, 4) is 5.75 Å². The Morgan fingerprint density at radius 1 is 1.12 bits per heavy atom. The van der Waals surface area contributed by atoms with Crippen LogP contribution in [0.2, 0.25) is 0 Å². The van der Waals surface area contributed by atoms with Crippen molar-refractivity contribution in [1.29, 1.82) is 0 Å². The third-order valence-electron chi connectivity index (χ3n) is 6.67. The lowest BCUT2D eigenvalue weighted by Gasteiger charge is -2.27. The molecule has 4 rings (SSSR count). The second-order valence-corrected chi connectivity index (χ2v) is 12.1. The number of esters is 1. The van der Waals surface area contributed by atoms with Crippen molar-refractivity contribution in [2.45, 2.75) is 78.7 Å². The standard InChI is InChI=1S/C30H41N6O6P/c1-6-8-12-22(18-40-43(38,42-23-13-11-16-32-17-23)35-21(5)30(37)41-20(3)4)36-26(19-39-7-2)34-27-28(36)24-14-9-10-15-25(24)33-29(27)31/h9-11,13-17,20-22H,6-8,12,18-19H2,1-5H3,(H2,31,33)(H,35,38)/t21-,22-,43+/m0/s1. The van der Waals surface area contributed by atoms with E-state index in [0.717, 1.165) is 29.3 Å². The molecule has 13 heteroatoms. The molecular formula is C30H41N6O6P. The number of unbranched alkanes of at least 4 members (excludes halogenated alkanes) is 1. The van der Waals surface area contributed by atoms with E-state index in [1.54, 1.807) is 39.1 Å². The molecule has 0 aliphatic carbocycles. The van der Waals surface area contributed by atoms with Crippen LogP contribution in [0.1, 0.15) is 65.7 Å². The van der Waals surface area contributed by atoms with Gasteiger partial charge in [0.15, 0.2) is 5.82 Å². The van der Waals surface area contributed by atoms with Gasteiger partial charge in [0.25, 0.3) is 0 Å². The van der Waals surface area contributed by atoms with Crippen LogP contribution in [0.4, 0.5) is 5.82 Å². The first-order chi connectivity index (χ1) is 20.7. The number of carbonyl (C=O) groups excluding carboxylic acids is 1. The zero-order valence-electron chi connectivity index (χ0n) is 25.4. The topological polar surface area (TPSA) is 153 Å². The van der Waals surface area contributed by atoms with Crippen LogP contribution in [0.15, 0.2) is 48.8 Å². The minimum Gasteiger partial charge on any atom is -0.462 e. The number of fused-ring (bicyclic) bond motifs is 3. The molecule has 0 aliphatic rings. The van der Waals surface area contributed by atoms with Gasteiger partial charge < -0.3 is 24.3 Å². The summed E-state index contributed by atoms with van der Waals surface area (Å²) in [5.41, 5.74) is 8.49. The van der Waals surface area contributed by atoms with E-state index < -0.39 is 19.8 Å². The number of ether oxygens (including phenoxy) is 2. The summed E-state index contributed by atoms with van der Waals surface area (Å²) in [4.78, 5) is 26.1. The smallest absolute Gasteiger partial charge is 0.459 e. The van der Waals surface area contributed by atoms with Gasteiger partial charge >= 0.3 is 13.7 Å². The number of imidazole rings is 1. The van der Waals surface area contributed by atoms with Gasteiger partial charge in [0.05, 0.1) is 36.0 Å². The summed E-state index contributed by atoms with van der Waals surface area (Å²) in [6, 6.07) is 9.68. The molecule has 0 aliphatic heterocycles. The molecule has 3 atom stereocenters. The average molecular weight is 613 g/mol. The summed E-state index contributed by atoms with van der Waals surface area (Å²) >= 11 is 0. The van der Waals surface area contributed by atoms with Crippen LogP contribution in [-0.4, -0.2) is 50.8 Å². The number of rotatable bonds is 16. The van der Waals surface area contributed by atoms with E-state index >= 15 is 0 Å². The van der Waals surface area contributed by atoms with Crippen molar-refractivity contribution in [2.75, 3.05) is 18.9 Å². The number of benzene rings is 1. The zero-order chi connectivity index (χ0) is 31.0. The van der Waals surface area contributed by atoms with E-state index in [1.807, 2.05) is 31.2 Å². The molecule has 0 radical (unpaired) electrons. The number of para-hydroxylation sites is 1. The predicted octanol–water partition coefficient (Wildman–Crippen LogP) is 5.96. The van der Waals surface area contributed by atoms with Gasteiger partial charge in [-0.1, -0.05) is 38.0 Å². The van der Waals surface area contributed by atoms with Crippen LogP contribution < -0.4 is 15.3 Å². The molecule has 0 unspecified atom stereocenters. The van der Waals surface area contributed by atoms with E-state index in [2.05, 4.69) is 26.5 Å². The predicted molar refractivity (Wildman–Crippen MR) is 166 cm³/mol. The van der Waals surface area contributed by atoms with Crippen molar-refractivity contribution in [1.82, 2.24) is 24.6 Å². The van der Waals surface area contributed by atoms with Crippen LogP contribution in [0.3, 0.4) is 0 Å². The van der Waals surface area contributed by atoms with Crippen molar-refractivity contribution in [3.63, 3.8) is 0 Å². The van der Waals surface area contributed by atoms with E-state index in [9.17, 15) is 9.36 Å². The molecule has 4 aromatic rings. The number of carbonyl (C=O) groups is 1. The summed E-state index contributed by atoms with van der Waals surface area (Å²) in [5.74, 6) is 0.606. The Balaban J connectivity index is 1.76. The van der Waals surface area contributed by atoms with Crippen LogP contribution in [0.25, 0.3) is 21.9 Å². The fraction of sp³-hybridized carbons (Fsp3) is 0.467. The van der Waals surface area contributed by atoms with E-state index in [1.165, 1.54) is 6.20 Å². The number of pyridine rings is 2. The highest BCUT2D eigenvalue weighted by atomic mass is 31.2. The molecule has 3 N–H and O–H groups in total. The minimum atomic E-state index is -4.13. The number of aromatic nitrogens is 4. The van der Waals surface area contributed by atoms with E-state index in [4.69, 9.17) is 29.2 Å². The summed E-state index contributed by atoms with van der Waals surface area (Å²) in [6.07, 6.45) is 5.12. The first-order valence-corrected chi connectivity index (χ1v) is 16.1. The summed E-state index contributed by atoms with van der Waals surface area (Å²) in [5, 5.41) is 3.63. The highest BCUT2D eigenvalue weighted by Crippen LogP contribution is 2.46. The molecule has 0 amide bonds. The van der Waals surface area contributed by atoms with Gasteiger partial charge in [0, 0.05) is 18.2 Å². The Morgan fingerprint density at radius 2 is 1.91 bits per heavy atom. The fourth-order valence-corrected chi connectivity index (χ4v) is 6.24. The van der Waals surface area contributed by atoms with Gasteiger partial charge in [-0.2, -0.15) is 5.09 Å². The summed E-state index contributed by atoms with van der Waals surface area (Å²) < 4.78 is 39.4. The quantitative estimate of drug-likeness (QED) is 0.114. The maximum absolute atomic E-state index is 14.2. The second-order valence-electron chi connectivity index (χ2n) is 10.5. The molecule has 232 valence electrons. The zero-order valence-corrected chi connectivity index (χ0v) is 26.3. The van der Waals surface area contributed by atoms with Gasteiger partial charge in [0.1, 0.15) is 29.7 Å². The molecule has 0 saturated heterocycles. The normalized spacial score (nSPS) is 14.6. The molecule has 0 fully saturated rings. The number of nitrogens with zero attached hydrogens (tertiary/aromatic N) is 4. The third kappa shape index (κ3) is 8.08. The van der Waals surface area contributed by atoms with Gasteiger partial charge in [-0.3, -0.25) is 14.3 Å². The highest BCUT2D eigenvalue weighted by molar-refractivity contribution is 7.52. The molecule has 0 bridgehead atoms. The van der Waals surface area contributed by atoms with Crippen LogP contribution in [0, 0.1) is 0 Å². The first-order valence-electron chi connectivity index (χ1n) is 14.6. The lowest BCUT2D eigenvalue weighted by atomic mass is 10.1. The maximum atomic E-state index is 14.2. The number of hydrogen-bond donors (Lipinski definition) is 2. The molecule has 43 heavy (non-hydrogen) atoms. The van der Waals surface area contributed by atoms with Gasteiger partial charge in [-0.05, 0) is 52.3 Å². The molecular weight excluding hydrogens is 571 g/mol. The van der Waals surface area contributed by atoms with E-state index in [0.29, 0.717) is 30.2 Å². The largest absolute Gasteiger partial charge is 0.462 e. The number of nitrogens with two attached hydrogens (primary N) is 1. The van der Waals surface area contributed by atoms with E-state index in [-0.39, 0.29) is 31.1 Å². The molecule has 1 aromatic carbocycles. The van der Waals surface area contributed by atoms with Crippen molar-refractivity contribution in [2.24, 2.45) is 0 Å². The lowest BCUT2D eigenvalue weighted by molar-refractivity contribution is -0.149. The highest BCUT2D eigenvalue weighted by Gasteiger charge is 2.34. The van der Waals surface area contributed by atoms with Crippen molar-refractivity contribution in [3.05, 3.63) is 54.6 Å². The lowest BCUT2D eigenvalue weighted by Crippen LogP contribution is -2.36. The Bertz CT molecular complexity index is 1560. The number of hydrogen-bond acceptors (Lipinski definition) is 10. The summed E-state index contributed by atoms with van der Waals surface area (Å²) in [6.45, 7) is 9.75. The van der Waals surface area contributed by atoms with Crippen molar-refractivity contribution < 1.29 is 27.9 Å². The maximum Gasteiger partial charge on any atom is 0.459 e.